The van der Waals surface area contributed by atoms with Crippen molar-refractivity contribution in [3.63, 3.8) is 0 Å². The van der Waals surface area contributed by atoms with Gasteiger partial charge in [-0.05, 0) is 0 Å². The molecule has 1 aromatic rings. The van der Waals surface area contributed by atoms with Gasteiger partial charge in [-0.25, -0.2) is 26.7 Å². The molecule has 0 fully saturated rings. The van der Waals surface area contributed by atoms with Crippen molar-refractivity contribution in [1.29, 1.82) is 0 Å². The number of ether oxygens (including phenoxy) is 1. The maximum atomic E-state index is 13.8. The Bertz CT molecular complexity index is 714. The lowest BCUT2D eigenvalue weighted by molar-refractivity contribution is -0.478. The minimum atomic E-state index is -5.75. The Morgan fingerprint density at radius 1 is 1.05 bits per heavy atom. The number of hydrogen-bond acceptors (Lipinski definition) is 4. The van der Waals surface area contributed by atoms with Crippen LogP contribution in [0.25, 0.3) is 0 Å². The van der Waals surface area contributed by atoms with Crippen molar-refractivity contribution in [3.05, 3.63) is 23.3 Å². The molecule has 0 aliphatic rings. The third kappa shape index (κ3) is 3.30. The summed E-state index contributed by atoms with van der Waals surface area (Å²) in [6.45, 7) is 0. The SMILES string of the molecule is CN(C)C(Oc1c(F)c(F)c(S(=O)(=O)[O-])c(F)c1F)=[N+](C)C. The molecule has 0 unspecified atom stereocenters. The van der Waals surface area contributed by atoms with Gasteiger partial charge in [-0.15, -0.1) is 0 Å². The van der Waals surface area contributed by atoms with Crippen molar-refractivity contribution >= 4 is 16.1 Å². The fourth-order valence-electron chi connectivity index (χ4n) is 1.57. The number of halogens is 4. The predicted molar refractivity (Wildman–Crippen MR) is 65.7 cm³/mol. The summed E-state index contributed by atoms with van der Waals surface area (Å²) in [5.41, 5.74) is 0. The highest BCUT2D eigenvalue weighted by Crippen LogP contribution is 2.32. The normalized spacial score (nSPS) is 11.3. The van der Waals surface area contributed by atoms with Gasteiger partial charge in [-0.3, -0.25) is 0 Å². The van der Waals surface area contributed by atoms with E-state index in [4.69, 9.17) is 4.74 Å². The molecule has 22 heavy (non-hydrogen) atoms. The van der Waals surface area contributed by atoms with Crippen LogP contribution in [-0.4, -0.2) is 56.7 Å². The number of nitrogens with zero attached hydrogens (tertiary/aromatic N) is 2. The second-order valence-corrected chi connectivity index (χ2v) is 5.86. The van der Waals surface area contributed by atoms with E-state index in [1.54, 1.807) is 0 Å². The number of amidine groups is 1. The molecule has 0 N–H and O–H groups in total. The molecule has 0 heterocycles. The van der Waals surface area contributed by atoms with Crippen LogP contribution in [0.2, 0.25) is 0 Å². The highest BCUT2D eigenvalue weighted by molar-refractivity contribution is 7.85. The summed E-state index contributed by atoms with van der Waals surface area (Å²) in [4.78, 5) is -0.987. The summed E-state index contributed by atoms with van der Waals surface area (Å²) in [5.74, 6) is -10.5. The first-order chi connectivity index (χ1) is 9.89. The zero-order valence-corrected chi connectivity index (χ0v) is 12.8. The van der Waals surface area contributed by atoms with Crippen LogP contribution in [0.4, 0.5) is 17.6 Å². The second kappa shape index (κ2) is 6.08. The molecule has 0 aromatic heterocycles. The monoisotopic (exact) mass is 344 g/mol. The molecule has 0 saturated heterocycles. The molecule has 124 valence electrons. The third-order valence-electron chi connectivity index (χ3n) is 2.39. The summed E-state index contributed by atoms with van der Waals surface area (Å²) in [6, 6.07) is -0.200. The lowest BCUT2D eigenvalue weighted by Crippen LogP contribution is -2.35. The summed E-state index contributed by atoms with van der Waals surface area (Å²) in [6.07, 6.45) is 0. The Hall–Kier alpha value is -1.88. The summed E-state index contributed by atoms with van der Waals surface area (Å²) >= 11 is 0. The highest BCUT2D eigenvalue weighted by Gasteiger charge is 2.32. The van der Waals surface area contributed by atoms with Gasteiger partial charge in [0.15, 0.2) is 11.6 Å². The van der Waals surface area contributed by atoms with Crippen LogP contribution in [0, 0.1) is 23.3 Å². The zero-order valence-electron chi connectivity index (χ0n) is 11.9. The van der Waals surface area contributed by atoms with E-state index in [1.165, 1.54) is 37.7 Å². The quantitative estimate of drug-likeness (QED) is 0.197. The second-order valence-electron chi connectivity index (χ2n) is 4.54. The summed E-state index contributed by atoms with van der Waals surface area (Å²) in [7, 11) is -0.0505. The van der Waals surface area contributed by atoms with E-state index in [9.17, 15) is 30.5 Å². The highest BCUT2D eigenvalue weighted by atomic mass is 32.2. The van der Waals surface area contributed by atoms with Gasteiger partial charge in [-0.1, -0.05) is 0 Å². The predicted octanol–water partition coefficient (Wildman–Crippen LogP) is 0.716. The smallest absolute Gasteiger partial charge is 0.451 e. The van der Waals surface area contributed by atoms with E-state index in [2.05, 4.69) is 0 Å². The molecule has 1 aromatic carbocycles. The molecular formula is C11H12F4N2O4S. The molecule has 0 bridgehead atoms. The first kappa shape index (κ1) is 18.2. The lowest BCUT2D eigenvalue weighted by Gasteiger charge is -2.16. The minimum Gasteiger partial charge on any atom is -0.744 e. The zero-order chi connectivity index (χ0) is 17.4. The van der Waals surface area contributed by atoms with E-state index in [1.807, 2.05) is 0 Å². The molecule has 0 radical (unpaired) electrons. The van der Waals surface area contributed by atoms with Crippen molar-refractivity contribution in [3.8, 4) is 5.75 Å². The Morgan fingerprint density at radius 2 is 1.45 bits per heavy atom. The van der Waals surface area contributed by atoms with Crippen LogP contribution in [0.1, 0.15) is 0 Å². The third-order valence-corrected chi connectivity index (χ3v) is 3.25. The molecule has 0 saturated carbocycles. The molecule has 1 rings (SSSR count). The number of rotatable bonds is 2. The standard InChI is InChI=1S/C11H12F4N2O4S/c1-16(2)11(17(3)4)21-9-5(12)7(14)10(22(18,19)20)8(15)6(9)13/h1-4H3. The van der Waals surface area contributed by atoms with Crippen LogP contribution in [-0.2, 0) is 10.1 Å². The Morgan fingerprint density at radius 3 is 1.73 bits per heavy atom. The van der Waals surface area contributed by atoms with Crippen molar-refractivity contribution in [1.82, 2.24) is 4.90 Å². The maximum absolute atomic E-state index is 13.8. The molecule has 0 aliphatic carbocycles. The lowest BCUT2D eigenvalue weighted by atomic mass is 10.3. The summed E-state index contributed by atoms with van der Waals surface area (Å²) < 4.78 is 92.8. The fraction of sp³-hybridized carbons (Fsp3) is 0.364. The van der Waals surface area contributed by atoms with Gasteiger partial charge >= 0.3 is 6.02 Å². The number of hydrogen-bond donors (Lipinski definition) is 0. The van der Waals surface area contributed by atoms with Gasteiger partial charge in [0.05, 0.1) is 28.2 Å². The molecule has 0 aliphatic heterocycles. The van der Waals surface area contributed by atoms with E-state index in [0.29, 0.717) is 0 Å². The van der Waals surface area contributed by atoms with Gasteiger partial charge in [0.2, 0.25) is 17.4 Å². The van der Waals surface area contributed by atoms with Gasteiger partial charge in [0.25, 0.3) is 0 Å². The van der Waals surface area contributed by atoms with Crippen LogP contribution in [0.15, 0.2) is 4.90 Å². The number of benzene rings is 1. The summed E-state index contributed by atoms with van der Waals surface area (Å²) in [5, 5.41) is 0. The minimum absolute atomic E-state index is 0.200. The van der Waals surface area contributed by atoms with Gasteiger partial charge in [0, 0.05) is 0 Å². The molecule has 0 spiro atoms. The molecule has 6 nitrogen and oxygen atoms in total. The van der Waals surface area contributed by atoms with Crippen molar-refractivity contribution in [2.24, 2.45) is 0 Å². The van der Waals surface area contributed by atoms with Gasteiger partial charge < -0.3 is 9.29 Å². The Labute approximate surface area is 124 Å². The topological polar surface area (TPSA) is 72.7 Å². The average Bonchev–Trinajstić information content (AvgIpc) is 2.34. The van der Waals surface area contributed by atoms with Crippen molar-refractivity contribution in [2.45, 2.75) is 4.90 Å². The largest absolute Gasteiger partial charge is 0.744 e. The van der Waals surface area contributed by atoms with Gasteiger partial charge in [-0.2, -0.15) is 8.78 Å². The first-order valence-electron chi connectivity index (χ1n) is 5.60. The molecule has 0 atom stereocenters. The van der Waals surface area contributed by atoms with Crippen LogP contribution in [0.5, 0.6) is 5.75 Å². The van der Waals surface area contributed by atoms with E-state index in [0.717, 1.165) is 0 Å². The maximum Gasteiger partial charge on any atom is 0.451 e. The first-order valence-corrected chi connectivity index (χ1v) is 7.01. The molecule has 11 heteroatoms. The van der Waals surface area contributed by atoms with E-state index >= 15 is 0 Å². The average molecular weight is 344 g/mol. The van der Waals surface area contributed by atoms with E-state index < -0.39 is 44.0 Å². The van der Waals surface area contributed by atoms with E-state index in [-0.39, 0.29) is 6.02 Å². The molecule has 0 amide bonds. The van der Waals surface area contributed by atoms with Crippen molar-refractivity contribution < 1.29 is 39.8 Å². The Balaban J connectivity index is 3.65. The van der Waals surface area contributed by atoms with Gasteiger partial charge in [0.1, 0.15) is 15.0 Å². The Kier molecular flexibility index (Phi) is 5.03. The van der Waals surface area contributed by atoms with Crippen LogP contribution in [0.3, 0.4) is 0 Å². The van der Waals surface area contributed by atoms with Crippen LogP contribution < -0.4 is 4.74 Å². The fourth-order valence-corrected chi connectivity index (χ4v) is 2.19. The van der Waals surface area contributed by atoms with Crippen molar-refractivity contribution in [2.75, 3.05) is 28.2 Å². The molecular weight excluding hydrogens is 332 g/mol. The van der Waals surface area contributed by atoms with Crippen LogP contribution >= 0.6 is 0 Å².